The van der Waals surface area contributed by atoms with Crippen molar-refractivity contribution in [3.8, 4) is 0 Å². The molecule has 10 nitrogen and oxygen atoms in total. The molecule has 2 atom stereocenters. The van der Waals surface area contributed by atoms with E-state index in [1.807, 2.05) is 18.4 Å². The number of nitrogens with two attached hydrogens (primary N) is 2. The number of unbranched alkanes of at least 4 members (excludes halogenated alkanes) is 12. The largest absolute Gasteiger partial charge is 0.466 e. The molecular weight excluding hydrogens is 520 g/mol. The van der Waals surface area contributed by atoms with Crippen molar-refractivity contribution in [3.05, 3.63) is 12.5 Å². The summed E-state index contributed by atoms with van der Waals surface area (Å²) in [5.41, 5.74) is 12.9. The second-order valence-corrected chi connectivity index (χ2v) is 11.6. The molecule has 2 heterocycles. The van der Waals surface area contributed by atoms with Crippen LogP contribution in [0.4, 0.5) is 5.95 Å². The molecule has 0 unspecified atom stereocenters. The number of hydrogen-bond donors (Lipinski definition) is 2. The normalized spacial score (nSPS) is 13.0. The first-order chi connectivity index (χ1) is 19.8. The number of fused-ring (bicyclic) bond motifs is 1. The Balaban J connectivity index is 1.67. The second-order valence-electron chi connectivity index (χ2n) is 11.6. The molecule has 0 aromatic carbocycles. The number of carbonyl (C=O) groups excluding carboxylic acids is 2. The molecule has 0 amide bonds. The number of carbonyl (C=O) groups is 2. The third kappa shape index (κ3) is 14.1. The van der Waals surface area contributed by atoms with Crippen LogP contribution in [0.1, 0.15) is 117 Å². The van der Waals surface area contributed by atoms with Crippen molar-refractivity contribution in [1.82, 2.24) is 19.5 Å². The highest BCUT2D eigenvalue weighted by atomic mass is 16.5. The zero-order valence-electron chi connectivity index (χ0n) is 25.7. The molecule has 0 radical (unpaired) electrons. The van der Waals surface area contributed by atoms with Gasteiger partial charge in [-0.25, -0.2) is 9.97 Å². The molecule has 232 valence electrons. The van der Waals surface area contributed by atoms with Crippen LogP contribution in [-0.4, -0.2) is 50.7 Å². The topological polar surface area (TPSA) is 148 Å². The van der Waals surface area contributed by atoms with Crippen LogP contribution < -0.4 is 11.5 Å². The highest BCUT2D eigenvalue weighted by Gasteiger charge is 2.22. The van der Waals surface area contributed by atoms with E-state index in [1.165, 1.54) is 70.6 Å². The van der Waals surface area contributed by atoms with Crippen LogP contribution in [0.25, 0.3) is 11.2 Å². The molecule has 0 aliphatic carbocycles. The lowest BCUT2D eigenvalue weighted by Gasteiger charge is -2.20. The first kappa shape index (κ1) is 34.5. The molecule has 0 saturated heterocycles. The van der Waals surface area contributed by atoms with Gasteiger partial charge in [0, 0.05) is 18.9 Å². The van der Waals surface area contributed by atoms with E-state index in [0.717, 1.165) is 12.8 Å². The van der Waals surface area contributed by atoms with E-state index in [1.54, 1.807) is 12.5 Å². The summed E-state index contributed by atoms with van der Waals surface area (Å²) in [5.74, 6) is -0.613. The van der Waals surface area contributed by atoms with Gasteiger partial charge in [-0.1, -0.05) is 97.8 Å². The Kier molecular flexibility index (Phi) is 17.0. The number of nitrogens with zero attached hydrogens (tertiary/aromatic N) is 4. The van der Waals surface area contributed by atoms with Crippen LogP contribution in [0, 0.1) is 11.8 Å². The highest BCUT2D eigenvalue weighted by molar-refractivity contribution is 5.75. The number of esters is 2. The fourth-order valence-corrected chi connectivity index (χ4v) is 4.77. The van der Waals surface area contributed by atoms with E-state index in [-0.39, 0.29) is 37.0 Å². The molecule has 0 aliphatic heterocycles. The first-order valence-electron chi connectivity index (χ1n) is 15.8. The van der Waals surface area contributed by atoms with Crippen molar-refractivity contribution in [2.75, 3.05) is 18.9 Å². The van der Waals surface area contributed by atoms with Crippen molar-refractivity contribution >= 4 is 29.1 Å². The molecule has 2 rings (SSSR count). The lowest BCUT2D eigenvalue weighted by atomic mass is 10.0. The maximum Gasteiger partial charge on any atom is 0.323 e. The van der Waals surface area contributed by atoms with E-state index in [2.05, 4.69) is 21.9 Å². The summed E-state index contributed by atoms with van der Waals surface area (Å²) in [7, 11) is 0. The number of anilines is 1. The highest BCUT2D eigenvalue weighted by Crippen LogP contribution is 2.17. The maximum absolute atomic E-state index is 12.3. The average Bonchev–Trinajstić information content (AvgIpc) is 3.34. The quantitative estimate of drug-likeness (QED) is 0.121. The number of nitrogen functional groups attached to an aromatic ring is 1. The Labute approximate surface area is 246 Å². The van der Waals surface area contributed by atoms with Gasteiger partial charge in [0.2, 0.25) is 5.95 Å². The van der Waals surface area contributed by atoms with Crippen LogP contribution in [0.3, 0.4) is 0 Å². The third-order valence-corrected chi connectivity index (χ3v) is 7.56. The zero-order valence-corrected chi connectivity index (χ0v) is 25.7. The van der Waals surface area contributed by atoms with Gasteiger partial charge in [0.15, 0.2) is 5.65 Å². The van der Waals surface area contributed by atoms with Gasteiger partial charge in [0.05, 0.1) is 25.7 Å². The van der Waals surface area contributed by atoms with Gasteiger partial charge in [0.25, 0.3) is 0 Å². The minimum absolute atomic E-state index is 0.0238. The molecular formula is C31H54N6O4. The summed E-state index contributed by atoms with van der Waals surface area (Å²) in [6.07, 6.45) is 20.7. The number of aromatic nitrogens is 4. The van der Waals surface area contributed by atoms with Crippen molar-refractivity contribution in [2.45, 2.75) is 130 Å². The second kappa shape index (κ2) is 20.2. The van der Waals surface area contributed by atoms with Crippen LogP contribution in [0.15, 0.2) is 12.5 Å². The minimum Gasteiger partial charge on any atom is -0.466 e. The van der Waals surface area contributed by atoms with Crippen LogP contribution >= 0.6 is 0 Å². The molecule has 0 saturated carbocycles. The Morgan fingerprint density at radius 2 is 1.51 bits per heavy atom. The summed E-state index contributed by atoms with van der Waals surface area (Å²) in [6, 6.07) is -0.685. The molecule has 0 bridgehead atoms. The van der Waals surface area contributed by atoms with Crippen LogP contribution in [-0.2, 0) is 25.6 Å². The number of imidazole rings is 1. The average molecular weight is 575 g/mol. The summed E-state index contributed by atoms with van der Waals surface area (Å²) >= 11 is 0. The molecule has 0 spiro atoms. The van der Waals surface area contributed by atoms with Gasteiger partial charge >= 0.3 is 11.9 Å². The molecule has 0 aliphatic rings. The number of hydrogen-bond acceptors (Lipinski definition) is 9. The van der Waals surface area contributed by atoms with Crippen molar-refractivity contribution < 1.29 is 19.1 Å². The molecule has 2 aromatic heterocycles. The van der Waals surface area contributed by atoms with Crippen LogP contribution in [0.5, 0.6) is 0 Å². The molecule has 4 N–H and O–H groups in total. The molecule has 10 heteroatoms. The summed E-state index contributed by atoms with van der Waals surface area (Å²) < 4.78 is 12.9. The van der Waals surface area contributed by atoms with Crippen molar-refractivity contribution in [3.63, 3.8) is 0 Å². The van der Waals surface area contributed by atoms with Gasteiger partial charge in [-0.15, -0.1) is 0 Å². The Hall–Kier alpha value is -2.75. The zero-order chi connectivity index (χ0) is 29.9. The smallest absolute Gasteiger partial charge is 0.323 e. The molecule has 2 aromatic rings. The summed E-state index contributed by atoms with van der Waals surface area (Å²) in [5, 5.41) is 0. The number of ether oxygens (including phenoxy) is 2. The van der Waals surface area contributed by atoms with Crippen molar-refractivity contribution in [1.29, 1.82) is 0 Å². The van der Waals surface area contributed by atoms with E-state index in [0.29, 0.717) is 30.6 Å². The van der Waals surface area contributed by atoms with E-state index in [4.69, 9.17) is 20.9 Å². The lowest BCUT2D eigenvalue weighted by molar-refractivity contribution is -0.149. The monoisotopic (exact) mass is 574 g/mol. The van der Waals surface area contributed by atoms with Gasteiger partial charge in [-0.2, -0.15) is 4.98 Å². The SMILES string of the molecule is CCCCCCCCCCCCCCCC(=O)OCC[C@@H](COC(=O)[C@@H](N)C(C)C)Cn1cnc2cnc(N)nc21. The van der Waals surface area contributed by atoms with Gasteiger partial charge in [-0.3, -0.25) is 9.59 Å². The van der Waals surface area contributed by atoms with E-state index >= 15 is 0 Å². The van der Waals surface area contributed by atoms with Crippen LogP contribution in [0.2, 0.25) is 0 Å². The Bertz CT molecular complexity index is 1010. The fourth-order valence-electron chi connectivity index (χ4n) is 4.77. The van der Waals surface area contributed by atoms with E-state index in [9.17, 15) is 9.59 Å². The maximum atomic E-state index is 12.3. The summed E-state index contributed by atoms with van der Waals surface area (Å²) in [4.78, 5) is 37.2. The Morgan fingerprint density at radius 1 is 0.902 bits per heavy atom. The van der Waals surface area contributed by atoms with Gasteiger partial charge in [0.1, 0.15) is 11.6 Å². The van der Waals surface area contributed by atoms with Crippen molar-refractivity contribution in [2.24, 2.45) is 17.6 Å². The molecule has 0 fully saturated rings. The first-order valence-corrected chi connectivity index (χ1v) is 15.8. The predicted octanol–water partition coefficient (Wildman–Crippen LogP) is 5.97. The fraction of sp³-hybridized carbons (Fsp3) is 0.774. The minimum atomic E-state index is -0.685. The van der Waals surface area contributed by atoms with Gasteiger partial charge < -0.3 is 25.5 Å². The van der Waals surface area contributed by atoms with Gasteiger partial charge in [-0.05, 0) is 18.8 Å². The third-order valence-electron chi connectivity index (χ3n) is 7.56. The standard InChI is InChI=1S/C31H54N6O4/c1-4-5-6-7-8-9-10-11-12-13-14-15-16-17-27(38)40-19-18-25(22-41-30(39)28(32)24(2)3)21-37-23-35-26-20-34-31(33)36-29(26)37/h20,23-25,28H,4-19,21-22,32H2,1-3H3,(H2,33,34,36)/t25-,28+/m1/s1. The Morgan fingerprint density at radius 3 is 2.12 bits per heavy atom. The molecule has 41 heavy (non-hydrogen) atoms. The van der Waals surface area contributed by atoms with E-state index < -0.39 is 12.0 Å². The number of rotatable bonds is 23. The predicted molar refractivity (Wildman–Crippen MR) is 163 cm³/mol. The lowest BCUT2D eigenvalue weighted by Crippen LogP contribution is -2.38. The summed E-state index contributed by atoms with van der Waals surface area (Å²) in [6.45, 7) is 6.88.